The molecule has 0 saturated heterocycles. The predicted molar refractivity (Wildman–Crippen MR) is 109 cm³/mol. The van der Waals surface area contributed by atoms with Crippen molar-refractivity contribution >= 4 is 23.7 Å². The zero-order valence-corrected chi connectivity index (χ0v) is 16.8. The Bertz CT molecular complexity index is 838. The zero-order valence-electron chi connectivity index (χ0n) is 16.8. The molecule has 0 fully saturated rings. The van der Waals surface area contributed by atoms with Gasteiger partial charge in [0.05, 0.1) is 13.0 Å². The number of unbranched alkanes of at least 4 members (excludes halogenated alkanes) is 1. The van der Waals surface area contributed by atoms with E-state index < -0.39 is 12.1 Å². The largest absolute Gasteiger partial charge is 0.464 e. The second-order valence-electron chi connectivity index (χ2n) is 6.55. The molecule has 0 spiro atoms. The zero-order chi connectivity index (χ0) is 21.8. The Morgan fingerprint density at radius 3 is 2.27 bits per heavy atom. The molecule has 7 nitrogen and oxygen atoms in total. The molecule has 2 N–H and O–H groups in total. The second-order valence-corrected chi connectivity index (χ2v) is 6.55. The van der Waals surface area contributed by atoms with Gasteiger partial charge in [-0.05, 0) is 41.8 Å². The molecule has 0 aliphatic heterocycles. The monoisotopic (exact) mass is 416 g/mol. The Balaban J connectivity index is 1.69. The third-order valence-corrected chi connectivity index (χ3v) is 4.02. The number of carbonyl (C=O) groups is 3. The van der Waals surface area contributed by atoms with Crippen LogP contribution >= 0.6 is 0 Å². The maximum Gasteiger partial charge on any atom is 0.407 e. The van der Waals surface area contributed by atoms with E-state index in [2.05, 4.69) is 10.6 Å². The summed E-state index contributed by atoms with van der Waals surface area (Å²) in [5, 5.41) is 5.07. The van der Waals surface area contributed by atoms with Crippen LogP contribution in [0.15, 0.2) is 48.5 Å². The van der Waals surface area contributed by atoms with Crippen LogP contribution < -0.4 is 10.6 Å². The van der Waals surface area contributed by atoms with Crippen LogP contribution in [0, 0.1) is 5.82 Å². The maximum absolute atomic E-state index is 12.9. The fraction of sp³-hybridized carbons (Fsp3) is 0.318. The molecule has 2 aromatic rings. The highest BCUT2D eigenvalue weighted by atomic mass is 19.1. The number of rotatable bonds is 10. The van der Waals surface area contributed by atoms with E-state index in [4.69, 9.17) is 9.47 Å². The lowest BCUT2D eigenvalue weighted by Gasteiger charge is -2.09. The summed E-state index contributed by atoms with van der Waals surface area (Å²) in [4.78, 5) is 35.1. The van der Waals surface area contributed by atoms with Crippen molar-refractivity contribution in [2.24, 2.45) is 0 Å². The number of carbonyl (C=O) groups excluding carboxylic acids is 3. The van der Waals surface area contributed by atoms with Crippen molar-refractivity contribution in [3.63, 3.8) is 0 Å². The number of halogens is 1. The van der Waals surface area contributed by atoms with E-state index in [0.717, 1.165) is 12.8 Å². The molecule has 0 atom stereocenters. The predicted octanol–water partition coefficient (Wildman–Crippen LogP) is 3.58. The summed E-state index contributed by atoms with van der Waals surface area (Å²) in [7, 11) is 0. The van der Waals surface area contributed by atoms with Crippen LogP contribution in [0.2, 0.25) is 0 Å². The molecule has 2 aromatic carbocycles. The fourth-order valence-electron chi connectivity index (χ4n) is 2.40. The SMILES string of the molecule is CCCCOC(=O)CNC(=O)OCc1ccc(NC(=O)Cc2ccc(F)cc2)cc1. The molecule has 2 rings (SSSR count). The molecular weight excluding hydrogens is 391 g/mol. The Hall–Kier alpha value is -3.42. The Labute approximate surface area is 174 Å². The Kier molecular flexibility index (Phi) is 9.30. The summed E-state index contributed by atoms with van der Waals surface area (Å²) >= 11 is 0. The third-order valence-electron chi connectivity index (χ3n) is 4.02. The summed E-state index contributed by atoms with van der Waals surface area (Å²) in [6.45, 7) is 2.08. The van der Waals surface area contributed by atoms with Gasteiger partial charge in [-0.15, -0.1) is 0 Å². The molecule has 8 heteroatoms. The van der Waals surface area contributed by atoms with Crippen molar-refractivity contribution in [2.45, 2.75) is 32.8 Å². The van der Waals surface area contributed by atoms with E-state index in [-0.39, 0.29) is 31.3 Å². The Morgan fingerprint density at radius 2 is 1.60 bits per heavy atom. The number of hydrogen-bond acceptors (Lipinski definition) is 5. The van der Waals surface area contributed by atoms with E-state index >= 15 is 0 Å². The molecule has 2 amide bonds. The van der Waals surface area contributed by atoms with E-state index in [0.29, 0.717) is 23.4 Å². The number of nitrogens with one attached hydrogen (secondary N) is 2. The minimum atomic E-state index is -0.723. The third kappa shape index (κ3) is 8.72. The van der Waals surface area contributed by atoms with Crippen LogP contribution in [0.3, 0.4) is 0 Å². The standard InChI is InChI=1S/C22H25FN2O5/c1-2-3-12-29-21(27)14-24-22(28)30-15-17-6-10-19(11-7-17)25-20(26)13-16-4-8-18(23)9-5-16/h4-11H,2-3,12-15H2,1H3,(H,24,28)(H,25,26). The summed E-state index contributed by atoms with van der Waals surface area (Å²) in [6, 6.07) is 12.5. The molecule has 0 saturated carbocycles. The number of ether oxygens (including phenoxy) is 2. The van der Waals surface area contributed by atoms with Gasteiger partial charge in [0.2, 0.25) is 5.91 Å². The van der Waals surface area contributed by atoms with Gasteiger partial charge in [-0.25, -0.2) is 9.18 Å². The summed E-state index contributed by atoms with van der Waals surface area (Å²) in [5.41, 5.74) is 2.01. The molecule has 0 aromatic heterocycles. The molecule has 0 radical (unpaired) electrons. The quantitative estimate of drug-likeness (QED) is 0.456. The highest BCUT2D eigenvalue weighted by Gasteiger charge is 2.08. The first kappa shape index (κ1) is 22.9. The van der Waals surface area contributed by atoms with Crippen LogP contribution in [0.4, 0.5) is 14.9 Å². The van der Waals surface area contributed by atoms with Crippen LogP contribution in [0.1, 0.15) is 30.9 Å². The average molecular weight is 416 g/mol. The van der Waals surface area contributed by atoms with E-state index in [1.54, 1.807) is 36.4 Å². The fourth-order valence-corrected chi connectivity index (χ4v) is 2.40. The second kappa shape index (κ2) is 12.2. The van der Waals surface area contributed by atoms with Gasteiger partial charge in [-0.3, -0.25) is 9.59 Å². The number of amides is 2. The molecule has 0 bridgehead atoms. The molecule has 160 valence electrons. The summed E-state index contributed by atoms with van der Waals surface area (Å²) in [6.07, 6.45) is 1.10. The highest BCUT2D eigenvalue weighted by Crippen LogP contribution is 2.12. The van der Waals surface area contributed by atoms with E-state index in [1.807, 2.05) is 6.92 Å². The molecular formula is C22H25FN2O5. The molecule has 0 aliphatic carbocycles. The van der Waals surface area contributed by atoms with Crippen LogP contribution in [-0.4, -0.2) is 31.1 Å². The van der Waals surface area contributed by atoms with Gasteiger partial charge in [-0.1, -0.05) is 37.6 Å². The first-order valence-corrected chi connectivity index (χ1v) is 9.65. The number of hydrogen-bond donors (Lipinski definition) is 2. The van der Waals surface area contributed by atoms with Crippen molar-refractivity contribution in [1.29, 1.82) is 0 Å². The van der Waals surface area contributed by atoms with Gasteiger partial charge in [-0.2, -0.15) is 0 Å². The lowest BCUT2D eigenvalue weighted by atomic mass is 10.1. The number of alkyl carbamates (subject to hydrolysis) is 1. The van der Waals surface area contributed by atoms with Gasteiger partial charge in [0.25, 0.3) is 0 Å². The first-order chi connectivity index (χ1) is 14.5. The molecule has 0 unspecified atom stereocenters. The van der Waals surface area contributed by atoms with Gasteiger partial charge >= 0.3 is 12.1 Å². The summed E-state index contributed by atoms with van der Waals surface area (Å²) < 4.78 is 22.9. The smallest absolute Gasteiger partial charge is 0.407 e. The van der Waals surface area contributed by atoms with Crippen molar-refractivity contribution in [1.82, 2.24) is 5.32 Å². The minimum absolute atomic E-state index is 0.0144. The van der Waals surface area contributed by atoms with E-state index in [1.165, 1.54) is 12.1 Å². The van der Waals surface area contributed by atoms with E-state index in [9.17, 15) is 18.8 Å². The lowest BCUT2D eigenvalue weighted by molar-refractivity contribution is -0.142. The number of benzene rings is 2. The van der Waals surface area contributed by atoms with Gasteiger partial charge in [0, 0.05) is 5.69 Å². The lowest BCUT2D eigenvalue weighted by Crippen LogP contribution is -2.31. The maximum atomic E-state index is 12.9. The number of esters is 1. The van der Waals surface area contributed by atoms with Gasteiger partial charge < -0.3 is 20.1 Å². The average Bonchev–Trinajstić information content (AvgIpc) is 2.73. The highest BCUT2D eigenvalue weighted by molar-refractivity contribution is 5.92. The summed E-state index contributed by atoms with van der Waals surface area (Å²) in [5.74, 6) is -1.09. The Morgan fingerprint density at radius 1 is 0.933 bits per heavy atom. The van der Waals surface area contributed by atoms with Crippen LogP contribution in [0.5, 0.6) is 0 Å². The van der Waals surface area contributed by atoms with Crippen molar-refractivity contribution in [3.05, 3.63) is 65.5 Å². The van der Waals surface area contributed by atoms with Gasteiger partial charge in [0.15, 0.2) is 0 Å². The molecule has 0 aliphatic rings. The van der Waals surface area contributed by atoms with Crippen molar-refractivity contribution in [2.75, 3.05) is 18.5 Å². The first-order valence-electron chi connectivity index (χ1n) is 9.65. The number of anilines is 1. The normalized spacial score (nSPS) is 10.2. The van der Waals surface area contributed by atoms with Crippen molar-refractivity contribution < 1.29 is 28.2 Å². The topological polar surface area (TPSA) is 93.7 Å². The molecule has 0 heterocycles. The van der Waals surface area contributed by atoms with Crippen LogP contribution in [0.25, 0.3) is 0 Å². The van der Waals surface area contributed by atoms with Crippen molar-refractivity contribution in [3.8, 4) is 0 Å². The van der Waals surface area contributed by atoms with Gasteiger partial charge in [0.1, 0.15) is 19.0 Å². The van der Waals surface area contributed by atoms with Crippen LogP contribution in [-0.2, 0) is 32.1 Å². The molecule has 30 heavy (non-hydrogen) atoms. The minimum Gasteiger partial charge on any atom is -0.464 e.